The van der Waals surface area contributed by atoms with Crippen molar-refractivity contribution < 1.29 is 13.2 Å². The summed E-state index contributed by atoms with van der Waals surface area (Å²) in [7, 11) is -3.46. The second kappa shape index (κ2) is 7.68. The zero-order chi connectivity index (χ0) is 20.0. The second-order valence-electron chi connectivity index (χ2n) is 7.79. The zero-order valence-electron chi connectivity index (χ0n) is 15.9. The smallest absolute Gasteiger partial charge is 0.243 e. The van der Waals surface area contributed by atoms with Crippen molar-refractivity contribution in [2.45, 2.75) is 23.3 Å². The lowest BCUT2D eigenvalue weighted by atomic mass is 9.77. The van der Waals surface area contributed by atoms with Crippen LogP contribution in [-0.4, -0.2) is 39.0 Å². The van der Waals surface area contributed by atoms with Crippen molar-refractivity contribution in [1.82, 2.24) is 4.31 Å². The molecule has 0 spiro atoms. The number of fused-ring (bicyclic) bond motifs is 3. The molecular formula is C22H23IN2O3S. The minimum absolute atomic E-state index is 0.169. The predicted molar refractivity (Wildman–Crippen MR) is 122 cm³/mol. The largest absolute Gasteiger partial charge is 0.379 e. The molecule has 0 bridgehead atoms. The van der Waals surface area contributed by atoms with Gasteiger partial charge in [0, 0.05) is 28.3 Å². The Kier molecular flexibility index (Phi) is 5.18. The normalized spacial score (nSPS) is 26.6. The molecule has 1 saturated heterocycles. The molecule has 5 nitrogen and oxygen atoms in total. The van der Waals surface area contributed by atoms with E-state index in [-0.39, 0.29) is 6.04 Å². The molecule has 2 aromatic carbocycles. The van der Waals surface area contributed by atoms with E-state index >= 15 is 0 Å². The third-order valence-electron chi connectivity index (χ3n) is 6.17. The molecule has 1 N–H and O–H groups in total. The van der Waals surface area contributed by atoms with Crippen LogP contribution in [0.4, 0.5) is 5.69 Å². The van der Waals surface area contributed by atoms with Crippen molar-refractivity contribution in [3.8, 4) is 0 Å². The van der Waals surface area contributed by atoms with Crippen molar-refractivity contribution in [3.05, 3.63) is 69.3 Å². The summed E-state index contributed by atoms with van der Waals surface area (Å²) in [5, 5.41) is 3.71. The number of hydrogen-bond acceptors (Lipinski definition) is 4. The van der Waals surface area contributed by atoms with Gasteiger partial charge in [0.25, 0.3) is 0 Å². The van der Waals surface area contributed by atoms with Crippen LogP contribution in [0.5, 0.6) is 0 Å². The topological polar surface area (TPSA) is 58.6 Å². The first-order chi connectivity index (χ1) is 14.0. The fraction of sp³-hybridized carbons (Fsp3) is 0.364. The first kappa shape index (κ1) is 19.5. The highest BCUT2D eigenvalue weighted by Gasteiger charge is 2.38. The quantitative estimate of drug-likeness (QED) is 0.487. The summed E-state index contributed by atoms with van der Waals surface area (Å²) >= 11 is 2.37. The molecular weight excluding hydrogens is 499 g/mol. The molecule has 3 atom stereocenters. The molecule has 152 valence electrons. The Morgan fingerprint density at radius 3 is 2.59 bits per heavy atom. The van der Waals surface area contributed by atoms with E-state index in [2.05, 4.69) is 58.3 Å². The molecule has 0 saturated carbocycles. The van der Waals surface area contributed by atoms with Crippen molar-refractivity contribution in [2.24, 2.45) is 5.92 Å². The van der Waals surface area contributed by atoms with E-state index in [4.69, 9.17) is 4.74 Å². The molecule has 0 aromatic heterocycles. The number of rotatable bonds is 3. The van der Waals surface area contributed by atoms with Gasteiger partial charge in [0.15, 0.2) is 0 Å². The summed E-state index contributed by atoms with van der Waals surface area (Å²) in [4.78, 5) is 0.356. The third kappa shape index (κ3) is 3.52. The van der Waals surface area contributed by atoms with E-state index in [1.807, 2.05) is 12.1 Å². The monoisotopic (exact) mass is 522 g/mol. The lowest BCUT2D eigenvalue weighted by molar-refractivity contribution is 0.0730. The van der Waals surface area contributed by atoms with Crippen LogP contribution in [-0.2, 0) is 14.8 Å². The minimum Gasteiger partial charge on any atom is -0.379 e. The number of allylic oxidation sites excluding steroid dienone is 2. The van der Waals surface area contributed by atoms with E-state index < -0.39 is 10.0 Å². The Morgan fingerprint density at radius 2 is 1.83 bits per heavy atom. The Labute approximate surface area is 185 Å². The van der Waals surface area contributed by atoms with Crippen LogP contribution >= 0.6 is 22.6 Å². The summed E-state index contributed by atoms with van der Waals surface area (Å²) in [6.07, 6.45) is 5.63. The molecule has 0 amide bonds. The van der Waals surface area contributed by atoms with Gasteiger partial charge in [-0.2, -0.15) is 4.31 Å². The van der Waals surface area contributed by atoms with Crippen LogP contribution in [0.1, 0.15) is 29.5 Å². The zero-order valence-corrected chi connectivity index (χ0v) is 18.9. The van der Waals surface area contributed by atoms with Gasteiger partial charge in [-0.1, -0.05) is 24.3 Å². The van der Waals surface area contributed by atoms with Crippen molar-refractivity contribution >= 4 is 38.3 Å². The van der Waals surface area contributed by atoms with Crippen LogP contribution < -0.4 is 5.32 Å². The Morgan fingerprint density at radius 1 is 1.07 bits per heavy atom. The van der Waals surface area contributed by atoms with Crippen molar-refractivity contribution in [2.75, 3.05) is 31.6 Å². The molecule has 2 aliphatic heterocycles. The molecule has 5 rings (SSSR count). The molecule has 2 aromatic rings. The number of benzene rings is 2. The average Bonchev–Trinajstić information content (AvgIpc) is 3.24. The summed E-state index contributed by atoms with van der Waals surface area (Å²) in [5.41, 5.74) is 3.67. The van der Waals surface area contributed by atoms with Gasteiger partial charge in [0.1, 0.15) is 0 Å². The third-order valence-corrected chi connectivity index (χ3v) is 8.76. The van der Waals surface area contributed by atoms with Gasteiger partial charge in [-0.3, -0.25) is 0 Å². The Bertz CT molecular complexity index is 1050. The van der Waals surface area contributed by atoms with E-state index in [1.165, 1.54) is 19.1 Å². The summed E-state index contributed by atoms with van der Waals surface area (Å²) in [5.74, 6) is 0.852. The number of morpholine rings is 1. The van der Waals surface area contributed by atoms with Crippen LogP contribution in [0, 0.1) is 9.49 Å². The first-order valence-electron chi connectivity index (χ1n) is 9.94. The molecule has 1 fully saturated rings. The van der Waals surface area contributed by atoms with E-state index in [0.29, 0.717) is 43.0 Å². The van der Waals surface area contributed by atoms with Crippen LogP contribution in [0.2, 0.25) is 0 Å². The maximum atomic E-state index is 12.9. The van der Waals surface area contributed by atoms with Crippen molar-refractivity contribution in [3.63, 3.8) is 0 Å². The number of hydrogen-bond donors (Lipinski definition) is 1. The summed E-state index contributed by atoms with van der Waals surface area (Å²) in [6, 6.07) is 14.2. The minimum atomic E-state index is -3.46. The standard InChI is InChI=1S/C22H23IN2O3S/c23-16-6-9-21-20(14-16)18-2-1-3-19(18)22(24-21)15-4-7-17(8-5-15)29(26,27)25-10-12-28-13-11-25/h1-2,4-9,14,18-19,22,24H,3,10-13H2/t18-,19+,22-/m0/s1. The number of ether oxygens (including phenoxy) is 1. The summed E-state index contributed by atoms with van der Waals surface area (Å²) in [6.45, 7) is 1.74. The maximum absolute atomic E-state index is 12.9. The molecule has 7 heteroatoms. The average molecular weight is 522 g/mol. The van der Waals surface area contributed by atoms with Gasteiger partial charge >= 0.3 is 0 Å². The lowest BCUT2D eigenvalue weighted by Gasteiger charge is -2.37. The van der Waals surface area contributed by atoms with Gasteiger partial charge in [0.2, 0.25) is 10.0 Å². The van der Waals surface area contributed by atoms with Crippen molar-refractivity contribution in [1.29, 1.82) is 0 Å². The number of anilines is 1. The van der Waals surface area contributed by atoms with Gasteiger partial charge in [-0.05, 0) is 76.4 Å². The van der Waals surface area contributed by atoms with E-state index in [0.717, 1.165) is 12.0 Å². The highest BCUT2D eigenvalue weighted by molar-refractivity contribution is 14.1. The Hall–Kier alpha value is -1.42. The van der Waals surface area contributed by atoms with Crippen LogP contribution in [0.25, 0.3) is 0 Å². The Balaban J connectivity index is 1.44. The number of nitrogens with zero attached hydrogens (tertiary/aromatic N) is 1. The first-order valence-corrected chi connectivity index (χ1v) is 12.5. The molecule has 0 radical (unpaired) electrons. The number of nitrogens with one attached hydrogen (secondary N) is 1. The maximum Gasteiger partial charge on any atom is 0.243 e. The molecule has 0 unspecified atom stereocenters. The fourth-order valence-electron chi connectivity index (χ4n) is 4.68. The highest BCUT2D eigenvalue weighted by atomic mass is 127. The summed E-state index contributed by atoms with van der Waals surface area (Å²) < 4.78 is 33.8. The van der Waals surface area contributed by atoms with E-state index in [9.17, 15) is 8.42 Å². The SMILES string of the molecule is O=S(=O)(c1ccc([C@@H]2Nc3ccc(I)cc3[C@H]3C=CC[C@H]32)cc1)N1CCOCC1. The van der Waals surface area contributed by atoms with Gasteiger partial charge in [0.05, 0.1) is 24.2 Å². The highest BCUT2D eigenvalue weighted by Crippen LogP contribution is 2.50. The molecule has 29 heavy (non-hydrogen) atoms. The van der Waals surface area contributed by atoms with E-state index in [1.54, 1.807) is 12.1 Å². The van der Waals surface area contributed by atoms with Gasteiger partial charge in [-0.25, -0.2) is 8.42 Å². The molecule has 3 aliphatic rings. The molecule has 1 aliphatic carbocycles. The second-order valence-corrected chi connectivity index (χ2v) is 11.0. The lowest BCUT2D eigenvalue weighted by Crippen LogP contribution is -2.40. The predicted octanol–water partition coefficient (Wildman–Crippen LogP) is 4.14. The number of halogens is 1. The van der Waals surface area contributed by atoms with Crippen LogP contribution in [0.15, 0.2) is 59.5 Å². The van der Waals surface area contributed by atoms with Gasteiger partial charge in [-0.15, -0.1) is 0 Å². The fourth-order valence-corrected chi connectivity index (χ4v) is 6.60. The van der Waals surface area contributed by atoms with Crippen LogP contribution in [0.3, 0.4) is 0 Å². The number of sulfonamides is 1. The van der Waals surface area contributed by atoms with Gasteiger partial charge < -0.3 is 10.1 Å². The molecule has 2 heterocycles.